The number of rotatable bonds is 3. The first-order chi connectivity index (χ1) is 5.92. The van der Waals surface area contributed by atoms with Gasteiger partial charge < -0.3 is 5.11 Å². The van der Waals surface area contributed by atoms with Crippen LogP contribution in [0.3, 0.4) is 0 Å². The van der Waals surface area contributed by atoms with Crippen LogP contribution in [0.25, 0.3) is 0 Å². The number of aliphatic hydroxyl groups excluding tert-OH is 1. The van der Waals surface area contributed by atoms with E-state index in [9.17, 15) is 5.11 Å². The van der Waals surface area contributed by atoms with Gasteiger partial charge in [-0.3, -0.25) is 0 Å². The molecule has 0 aromatic heterocycles. The zero-order valence-corrected chi connectivity index (χ0v) is 8.35. The Balaban J connectivity index is 1.87. The molecule has 0 spiro atoms. The maximum absolute atomic E-state index is 9.31. The van der Waals surface area contributed by atoms with Gasteiger partial charge in [0.1, 0.15) is 0 Å². The second-order valence-corrected chi connectivity index (χ2v) is 5.44. The van der Waals surface area contributed by atoms with Crippen molar-refractivity contribution in [3.63, 3.8) is 0 Å². The van der Waals surface area contributed by atoms with Crippen LogP contribution in [0.15, 0.2) is 0 Å². The van der Waals surface area contributed by atoms with E-state index in [0.29, 0.717) is 12.5 Å². The highest BCUT2D eigenvalue weighted by atomic mass is 32.2. The zero-order valence-electron chi connectivity index (χ0n) is 7.54. The van der Waals surface area contributed by atoms with E-state index in [1.165, 1.54) is 37.9 Å². The first kappa shape index (κ1) is 8.89. The summed E-state index contributed by atoms with van der Waals surface area (Å²) in [4.78, 5) is 0. The maximum Gasteiger partial charge on any atom is 0.0472 e. The van der Waals surface area contributed by atoms with E-state index in [0.717, 1.165) is 11.2 Å². The molecule has 0 aromatic carbocycles. The summed E-state index contributed by atoms with van der Waals surface area (Å²) >= 11 is 2.09. The summed E-state index contributed by atoms with van der Waals surface area (Å²) in [6.07, 6.45) is 6.88. The molecule has 1 N–H and O–H groups in total. The van der Waals surface area contributed by atoms with E-state index in [4.69, 9.17) is 0 Å². The minimum absolute atomic E-state index is 0.433. The van der Waals surface area contributed by atoms with Gasteiger partial charge in [-0.2, -0.15) is 11.8 Å². The molecule has 1 aliphatic carbocycles. The predicted octanol–water partition coefficient (Wildman–Crippen LogP) is 2.29. The SMILES string of the molecule is OCC(C1CCC1)C1CCCS1. The summed E-state index contributed by atoms with van der Waals surface area (Å²) < 4.78 is 0. The Labute approximate surface area is 78.9 Å². The van der Waals surface area contributed by atoms with Crippen molar-refractivity contribution in [2.24, 2.45) is 11.8 Å². The minimum Gasteiger partial charge on any atom is -0.396 e. The first-order valence-electron chi connectivity index (χ1n) is 5.14. The van der Waals surface area contributed by atoms with Crippen LogP contribution in [0, 0.1) is 11.8 Å². The molecule has 2 fully saturated rings. The Kier molecular flexibility index (Phi) is 2.97. The largest absolute Gasteiger partial charge is 0.396 e. The van der Waals surface area contributed by atoms with Gasteiger partial charge in [0.2, 0.25) is 0 Å². The summed E-state index contributed by atoms with van der Waals surface area (Å²) in [6.45, 7) is 0.433. The fraction of sp³-hybridized carbons (Fsp3) is 1.00. The van der Waals surface area contributed by atoms with Gasteiger partial charge in [-0.25, -0.2) is 0 Å². The fourth-order valence-corrected chi connectivity index (χ4v) is 3.90. The quantitative estimate of drug-likeness (QED) is 0.730. The van der Waals surface area contributed by atoms with Crippen LogP contribution in [0.1, 0.15) is 32.1 Å². The average Bonchev–Trinajstić information content (AvgIpc) is 2.47. The Hall–Kier alpha value is 0.310. The second kappa shape index (κ2) is 4.01. The molecule has 2 unspecified atom stereocenters. The number of hydrogen-bond donors (Lipinski definition) is 1. The zero-order chi connectivity index (χ0) is 8.39. The molecule has 2 heteroatoms. The van der Waals surface area contributed by atoms with E-state index in [1.54, 1.807) is 0 Å². The number of hydrogen-bond acceptors (Lipinski definition) is 2. The van der Waals surface area contributed by atoms with Crippen LogP contribution in [-0.2, 0) is 0 Å². The molecule has 1 heterocycles. The summed E-state index contributed by atoms with van der Waals surface area (Å²) in [7, 11) is 0. The summed E-state index contributed by atoms with van der Waals surface area (Å²) in [5.41, 5.74) is 0. The van der Waals surface area contributed by atoms with Gasteiger partial charge in [-0.1, -0.05) is 19.3 Å². The van der Waals surface area contributed by atoms with Gasteiger partial charge in [0.05, 0.1) is 0 Å². The molecule has 2 rings (SSSR count). The smallest absolute Gasteiger partial charge is 0.0472 e. The van der Waals surface area contributed by atoms with Crippen LogP contribution < -0.4 is 0 Å². The molecule has 0 radical (unpaired) electrons. The average molecular weight is 186 g/mol. The van der Waals surface area contributed by atoms with E-state index in [2.05, 4.69) is 11.8 Å². The third kappa shape index (κ3) is 1.64. The van der Waals surface area contributed by atoms with Gasteiger partial charge in [0.25, 0.3) is 0 Å². The van der Waals surface area contributed by atoms with E-state index in [1.807, 2.05) is 0 Å². The van der Waals surface area contributed by atoms with Crippen molar-refractivity contribution in [3.8, 4) is 0 Å². The third-order valence-electron chi connectivity index (χ3n) is 3.41. The summed E-state index contributed by atoms with van der Waals surface area (Å²) in [6, 6.07) is 0. The molecule has 2 atom stereocenters. The molecule has 0 bridgehead atoms. The normalized spacial score (nSPS) is 33.2. The van der Waals surface area contributed by atoms with Gasteiger partial charge >= 0.3 is 0 Å². The van der Waals surface area contributed by atoms with E-state index < -0.39 is 0 Å². The standard InChI is InChI=1S/C10H18OS/c11-7-9(8-3-1-4-8)10-5-2-6-12-10/h8-11H,1-7H2. The topological polar surface area (TPSA) is 20.2 Å². The Morgan fingerprint density at radius 2 is 2.08 bits per heavy atom. The number of thioether (sulfide) groups is 1. The van der Waals surface area contributed by atoms with E-state index >= 15 is 0 Å². The molecule has 0 amide bonds. The van der Waals surface area contributed by atoms with Crippen molar-refractivity contribution in [2.75, 3.05) is 12.4 Å². The van der Waals surface area contributed by atoms with Crippen LogP contribution in [-0.4, -0.2) is 22.7 Å². The lowest BCUT2D eigenvalue weighted by atomic mass is 9.74. The Morgan fingerprint density at radius 3 is 2.50 bits per heavy atom. The Bertz CT molecular complexity index is 139. The maximum atomic E-state index is 9.31. The van der Waals surface area contributed by atoms with Crippen LogP contribution in [0.5, 0.6) is 0 Å². The van der Waals surface area contributed by atoms with Crippen LogP contribution in [0.2, 0.25) is 0 Å². The highest BCUT2D eigenvalue weighted by molar-refractivity contribution is 8.00. The fourth-order valence-electron chi connectivity index (χ4n) is 2.38. The lowest BCUT2D eigenvalue weighted by Crippen LogP contribution is -2.31. The predicted molar refractivity (Wildman–Crippen MR) is 53.4 cm³/mol. The molecule has 0 aromatic rings. The second-order valence-electron chi connectivity index (χ2n) is 4.09. The van der Waals surface area contributed by atoms with Gasteiger partial charge in [0, 0.05) is 11.9 Å². The van der Waals surface area contributed by atoms with Crippen molar-refractivity contribution < 1.29 is 5.11 Å². The van der Waals surface area contributed by atoms with Gasteiger partial charge in [-0.15, -0.1) is 0 Å². The lowest BCUT2D eigenvalue weighted by Gasteiger charge is -2.35. The monoisotopic (exact) mass is 186 g/mol. The summed E-state index contributed by atoms with van der Waals surface area (Å²) in [5, 5.41) is 10.1. The molecule has 1 saturated carbocycles. The third-order valence-corrected chi connectivity index (χ3v) is 4.95. The molecule has 2 aliphatic rings. The summed E-state index contributed by atoms with van der Waals surface area (Å²) in [5.74, 6) is 2.82. The van der Waals surface area contributed by atoms with Gasteiger partial charge in [-0.05, 0) is 30.4 Å². The Morgan fingerprint density at radius 1 is 1.25 bits per heavy atom. The van der Waals surface area contributed by atoms with Crippen molar-refractivity contribution in [1.82, 2.24) is 0 Å². The highest BCUT2D eigenvalue weighted by Gasteiger charge is 2.34. The minimum atomic E-state index is 0.433. The van der Waals surface area contributed by atoms with Crippen LogP contribution >= 0.6 is 11.8 Å². The molecular weight excluding hydrogens is 168 g/mol. The first-order valence-corrected chi connectivity index (χ1v) is 6.19. The lowest BCUT2D eigenvalue weighted by molar-refractivity contribution is 0.120. The molecular formula is C10H18OS. The van der Waals surface area contributed by atoms with Crippen molar-refractivity contribution in [3.05, 3.63) is 0 Å². The van der Waals surface area contributed by atoms with Crippen molar-refractivity contribution >= 4 is 11.8 Å². The van der Waals surface area contributed by atoms with Crippen molar-refractivity contribution in [2.45, 2.75) is 37.4 Å². The van der Waals surface area contributed by atoms with Crippen LogP contribution in [0.4, 0.5) is 0 Å². The van der Waals surface area contributed by atoms with Crippen molar-refractivity contribution in [1.29, 1.82) is 0 Å². The molecule has 1 aliphatic heterocycles. The molecule has 1 saturated heterocycles. The van der Waals surface area contributed by atoms with Gasteiger partial charge in [0.15, 0.2) is 0 Å². The molecule has 1 nitrogen and oxygen atoms in total. The van der Waals surface area contributed by atoms with E-state index in [-0.39, 0.29) is 0 Å². The number of aliphatic hydroxyl groups is 1. The molecule has 70 valence electrons. The molecule has 12 heavy (non-hydrogen) atoms. The highest BCUT2D eigenvalue weighted by Crippen LogP contribution is 2.42.